The Kier molecular flexibility index (Phi) is 11.5. The van der Waals surface area contributed by atoms with Gasteiger partial charge in [0.25, 0.3) is 0 Å². The zero-order valence-electron chi connectivity index (χ0n) is 26.2. The van der Waals surface area contributed by atoms with E-state index in [2.05, 4.69) is 68.6 Å². The summed E-state index contributed by atoms with van der Waals surface area (Å²) >= 11 is 0. The van der Waals surface area contributed by atoms with Gasteiger partial charge in [-0.15, -0.1) is 0 Å². The lowest BCUT2D eigenvalue weighted by molar-refractivity contribution is 0.301. The Morgan fingerprint density at radius 1 is 0.975 bits per heavy atom. The summed E-state index contributed by atoms with van der Waals surface area (Å²) in [7, 11) is 6.02. The highest BCUT2D eigenvalue weighted by Crippen LogP contribution is 2.49. The molecular formula is C32H47N3O5. The van der Waals surface area contributed by atoms with E-state index in [0.717, 1.165) is 24.2 Å². The van der Waals surface area contributed by atoms with E-state index in [0.29, 0.717) is 17.1 Å². The first kappa shape index (κ1) is 32.5. The quantitative estimate of drug-likeness (QED) is 0.225. The molecule has 8 nitrogen and oxygen atoms in total. The van der Waals surface area contributed by atoms with Crippen molar-refractivity contribution in [2.24, 2.45) is 0 Å². The minimum atomic E-state index is 0.110. The number of nitrogens with zero attached hydrogens (tertiary/aromatic N) is 2. The third-order valence-electron chi connectivity index (χ3n) is 7.48. The van der Waals surface area contributed by atoms with E-state index < -0.39 is 0 Å². The maximum absolute atomic E-state index is 6.08. The Labute approximate surface area is 240 Å². The predicted molar refractivity (Wildman–Crippen MR) is 162 cm³/mol. The molecule has 1 unspecified atom stereocenters. The van der Waals surface area contributed by atoms with E-state index in [1.54, 1.807) is 25.5 Å². The molecule has 0 fully saturated rings. The van der Waals surface area contributed by atoms with Crippen LogP contribution in [0.1, 0.15) is 77.5 Å². The molecule has 1 aromatic heterocycles. The second kappa shape index (κ2) is 14.1. The fourth-order valence-electron chi connectivity index (χ4n) is 4.74. The number of methoxy groups -OCH3 is 4. The van der Waals surface area contributed by atoms with Crippen molar-refractivity contribution in [3.05, 3.63) is 65.3 Å². The van der Waals surface area contributed by atoms with Gasteiger partial charge in [-0.1, -0.05) is 54.2 Å². The van der Waals surface area contributed by atoms with Crippen molar-refractivity contribution in [2.75, 3.05) is 33.8 Å². The average molecular weight is 554 g/mol. The zero-order valence-corrected chi connectivity index (χ0v) is 26.2. The number of aromatic nitrogens is 2. The van der Waals surface area contributed by atoms with Crippen LogP contribution < -0.4 is 24.3 Å². The Bertz CT molecular complexity index is 1210. The summed E-state index contributed by atoms with van der Waals surface area (Å²) in [6, 6.07) is 4.65. The number of nitrogens with one attached hydrogen (secondary N) is 1. The molecule has 0 aliphatic heterocycles. The van der Waals surface area contributed by atoms with E-state index in [1.165, 1.54) is 38.9 Å². The maximum atomic E-state index is 6.08. The van der Waals surface area contributed by atoms with Gasteiger partial charge in [0.15, 0.2) is 5.69 Å². The first-order valence-electron chi connectivity index (χ1n) is 13.8. The van der Waals surface area contributed by atoms with Crippen molar-refractivity contribution >= 4 is 5.69 Å². The lowest BCUT2D eigenvalue weighted by atomic mass is 9.61. The van der Waals surface area contributed by atoms with Crippen LogP contribution in [0.15, 0.2) is 48.6 Å². The molecule has 0 bridgehead atoms. The van der Waals surface area contributed by atoms with Crippen molar-refractivity contribution in [1.82, 2.24) is 9.97 Å². The Hall–Kier alpha value is -3.68. The zero-order chi connectivity index (χ0) is 30.1. The third-order valence-corrected chi connectivity index (χ3v) is 7.48. The van der Waals surface area contributed by atoms with Crippen LogP contribution in [0.2, 0.25) is 0 Å². The maximum Gasteiger partial charge on any atom is 0.322 e. The van der Waals surface area contributed by atoms with Crippen molar-refractivity contribution in [1.29, 1.82) is 0 Å². The number of benzene rings is 1. The van der Waals surface area contributed by atoms with Crippen LogP contribution in [0.3, 0.4) is 0 Å². The molecule has 1 aliphatic rings. The predicted octanol–water partition coefficient (Wildman–Crippen LogP) is 7.62. The SMILES string of the molecule is C=C(Nc1c(OC)nc(OC)nc1OC)/C(=C/C=C/Oc1cc2c(cc1C)C(C)(CC)CCC2(C)C)OC.CC. The topological polar surface area (TPSA) is 84.0 Å². The highest BCUT2D eigenvalue weighted by molar-refractivity contribution is 5.65. The molecule has 0 amide bonds. The molecular weight excluding hydrogens is 506 g/mol. The largest absolute Gasteiger partial charge is 0.495 e. The summed E-state index contributed by atoms with van der Waals surface area (Å²) in [6.45, 7) is 19.5. The van der Waals surface area contributed by atoms with Gasteiger partial charge in [-0.3, -0.25) is 0 Å². The number of rotatable bonds is 11. The second-order valence-electron chi connectivity index (χ2n) is 10.4. The number of ether oxygens (including phenoxy) is 5. The summed E-state index contributed by atoms with van der Waals surface area (Å²) in [6.07, 6.45) is 8.65. The monoisotopic (exact) mass is 553 g/mol. The van der Waals surface area contributed by atoms with Crippen LogP contribution in [-0.2, 0) is 15.6 Å². The molecule has 0 spiro atoms. The van der Waals surface area contributed by atoms with Crippen LogP contribution in [0.25, 0.3) is 0 Å². The summed E-state index contributed by atoms with van der Waals surface area (Å²) in [5.74, 6) is 1.82. The van der Waals surface area contributed by atoms with E-state index in [-0.39, 0.29) is 28.6 Å². The molecule has 1 heterocycles. The van der Waals surface area contributed by atoms with E-state index >= 15 is 0 Å². The number of hydrogen-bond donors (Lipinski definition) is 1. The van der Waals surface area contributed by atoms with E-state index in [9.17, 15) is 0 Å². The molecule has 220 valence electrons. The van der Waals surface area contributed by atoms with Gasteiger partial charge in [-0.2, -0.15) is 9.97 Å². The Balaban J connectivity index is 0.00000274. The first-order chi connectivity index (χ1) is 19.0. The van der Waals surface area contributed by atoms with Gasteiger partial charge in [0.1, 0.15) is 11.5 Å². The van der Waals surface area contributed by atoms with Gasteiger partial charge in [-0.25, -0.2) is 0 Å². The Morgan fingerprint density at radius 3 is 2.12 bits per heavy atom. The Morgan fingerprint density at radius 2 is 1.60 bits per heavy atom. The highest BCUT2D eigenvalue weighted by Gasteiger charge is 2.39. The van der Waals surface area contributed by atoms with E-state index in [1.807, 2.05) is 13.8 Å². The van der Waals surface area contributed by atoms with Crippen molar-refractivity contribution in [3.63, 3.8) is 0 Å². The summed E-state index contributed by atoms with van der Waals surface area (Å²) < 4.78 is 27.5. The van der Waals surface area contributed by atoms with Crippen LogP contribution in [0, 0.1) is 6.92 Å². The number of fused-ring (bicyclic) bond motifs is 1. The first-order valence-corrected chi connectivity index (χ1v) is 13.8. The van der Waals surface area contributed by atoms with Crippen molar-refractivity contribution < 1.29 is 23.7 Å². The van der Waals surface area contributed by atoms with Crippen LogP contribution in [-0.4, -0.2) is 38.4 Å². The van der Waals surface area contributed by atoms with Gasteiger partial charge < -0.3 is 29.0 Å². The summed E-state index contributed by atoms with van der Waals surface area (Å²) in [5.41, 5.74) is 5.10. The molecule has 1 aliphatic carbocycles. The standard InChI is InChI=1S/C30H41N3O5.C2H6/c1-11-30(6)15-14-29(4,5)21-18-24(19(2)17-22(21)30)38-16-12-13-23(34-7)20(3)31-25-26(35-8)32-28(37-10)33-27(25)36-9;1-2/h12-13,16-18,31H,3,11,14-15H2,1-2,4-10H3;1-2H3/b16-12+,23-13-;. The minimum absolute atomic E-state index is 0.110. The number of anilines is 1. The van der Waals surface area contributed by atoms with Gasteiger partial charge in [0, 0.05) is 0 Å². The second-order valence-corrected chi connectivity index (χ2v) is 10.4. The molecule has 1 atom stereocenters. The average Bonchev–Trinajstić information content (AvgIpc) is 2.96. The molecule has 1 aromatic carbocycles. The molecule has 2 aromatic rings. The smallest absolute Gasteiger partial charge is 0.322 e. The molecule has 0 radical (unpaired) electrons. The molecule has 8 heteroatoms. The van der Waals surface area contributed by atoms with Crippen molar-refractivity contribution in [3.8, 4) is 23.5 Å². The van der Waals surface area contributed by atoms with Gasteiger partial charge in [0.05, 0.1) is 40.4 Å². The van der Waals surface area contributed by atoms with Crippen LogP contribution in [0.5, 0.6) is 23.5 Å². The molecule has 0 saturated heterocycles. The number of allylic oxidation sites excluding steroid dienone is 2. The minimum Gasteiger partial charge on any atom is -0.495 e. The van der Waals surface area contributed by atoms with Crippen molar-refractivity contribution in [2.45, 2.75) is 78.6 Å². The normalized spacial score (nSPS) is 17.7. The fraction of sp³-hybridized carbons (Fsp3) is 0.500. The molecule has 1 N–H and O–H groups in total. The number of aryl methyl sites for hydroxylation is 1. The fourth-order valence-corrected chi connectivity index (χ4v) is 4.74. The van der Waals surface area contributed by atoms with Gasteiger partial charge in [0.2, 0.25) is 11.8 Å². The summed E-state index contributed by atoms with van der Waals surface area (Å²) in [5, 5.41) is 3.11. The van der Waals surface area contributed by atoms with Crippen LogP contribution in [0.4, 0.5) is 5.69 Å². The lowest BCUT2D eigenvalue weighted by Gasteiger charge is -2.43. The highest BCUT2D eigenvalue weighted by atomic mass is 16.5. The van der Waals surface area contributed by atoms with Gasteiger partial charge >= 0.3 is 6.01 Å². The van der Waals surface area contributed by atoms with E-state index in [4.69, 9.17) is 23.7 Å². The molecule has 40 heavy (non-hydrogen) atoms. The molecule has 3 rings (SSSR count). The lowest BCUT2D eigenvalue weighted by Crippen LogP contribution is -2.35. The molecule has 0 saturated carbocycles. The number of hydrogen-bond acceptors (Lipinski definition) is 8. The van der Waals surface area contributed by atoms with Crippen LogP contribution >= 0.6 is 0 Å². The summed E-state index contributed by atoms with van der Waals surface area (Å²) in [4.78, 5) is 8.39. The van der Waals surface area contributed by atoms with Gasteiger partial charge in [-0.05, 0) is 71.9 Å². The third kappa shape index (κ3) is 7.09.